The summed E-state index contributed by atoms with van der Waals surface area (Å²) < 4.78 is 39.4. The van der Waals surface area contributed by atoms with Gasteiger partial charge in [0.1, 0.15) is 6.04 Å². The second-order valence-corrected chi connectivity index (χ2v) is 4.40. The Morgan fingerprint density at radius 1 is 0.895 bits per heavy atom. The van der Waals surface area contributed by atoms with Crippen LogP contribution in [0.15, 0.2) is 54.6 Å². The van der Waals surface area contributed by atoms with Gasteiger partial charge in [-0.2, -0.15) is 13.2 Å². The number of nitrogens with one attached hydrogen (secondary N) is 1. The van der Waals surface area contributed by atoms with Gasteiger partial charge in [-0.25, -0.2) is 0 Å². The number of anilines is 1. The zero-order valence-electron chi connectivity index (χ0n) is 10.4. The Morgan fingerprint density at radius 2 is 1.47 bits per heavy atom. The van der Waals surface area contributed by atoms with Gasteiger partial charge in [0.05, 0.1) is 0 Å². The fraction of sp³-hybridized carbons (Fsp3) is 0.200. The SMILES string of the molecule is Cc1ccc(C(Nc2ccccc2)C(F)(F)F)cc1. The van der Waals surface area contributed by atoms with E-state index in [2.05, 4.69) is 5.32 Å². The Morgan fingerprint density at radius 3 is 2.00 bits per heavy atom. The summed E-state index contributed by atoms with van der Waals surface area (Å²) in [7, 11) is 0. The minimum atomic E-state index is -4.34. The highest BCUT2D eigenvalue weighted by molar-refractivity contribution is 5.46. The third kappa shape index (κ3) is 3.50. The van der Waals surface area contributed by atoms with Crippen molar-refractivity contribution in [2.24, 2.45) is 0 Å². The first-order valence-corrected chi connectivity index (χ1v) is 5.92. The summed E-state index contributed by atoms with van der Waals surface area (Å²) in [6.07, 6.45) is -4.34. The third-order valence-corrected chi connectivity index (χ3v) is 2.82. The van der Waals surface area contributed by atoms with Crippen molar-refractivity contribution in [3.8, 4) is 0 Å². The molecule has 2 aromatic carbocycles. The van der Waals surface area contributed by atoms with Gasteiger partial charge >= 0.3 is 6.18 Å². The molecule has 100 valence electrons. The number of alkyl halides is 3. The lowest BCUT2D eigenvalue weighted by molar-refractivity contribution is -0.144. The van der Waals surface area contributed by atoms with E-state index in [1.165, 1.54) is 12.1 Å². The number of aryl methyl sites for hydroxylation is 1. The summed E-state index contributed by atoms with van der Waals surface area (Å²) in [4.78, 5) is 0. The average Bonchev–Trinajstić information content (AvgIpc) is 2.37. The predicted octanol–water partition coefficient (Wildman–Crippen LogP) is 4.71. The normalized spacial score (nSPS) is 13.1. The van der Waals surface area contributed by atoms with Gasteiger partial charge in [0.15, 0.2) is 0 Å². The van der Waals surface area contributed by atoms with Gasteiger partial charge in [-0.1, -0.05) is 48.0 Å². The second-order valence-electron chi connectivity index (χ2n) is 4.40. The maximum absolute atomic E-state index is 13.1. The van der Waals surface area contributed by atoms with Crippen molar-refractivity contribution in [1.82, 2.24) is 0 Å². The molecule has 0 saturated carbocycles. The summed E-state index contributed by atoms with van der Waals surface area (Å²) >= 11 is 0. The number of hydrogen-bond acceptors (Lipinski definition) is 1. The Bertz CT molecular complexity index is 517. The van der Waals surface area contributed by atoms with Gasteiger partial charge in [-0.05, 0) is 24.6 Å². The van der Waals surface area contributed by atoms with Crippen LogP contribution in [-0.4, -0.2) is 6.18 Å². The molecular weight excluding hydrogens is 251 g/mol. The molecule has 0 fully saturated rings. The molecule has 1 N–H and O–H groups in total. The fourth-order valence-corrected chi connectivity index (χ4v) is 1.81. The van der Waals surface area contributed by atoms with Crippen molar-refractivity contribution in [1.29, 1.82) is 0 Å². The van der Waals surface area contributed by atoms with Gasteiger partial charge in [0.2, 0.25) is 0 Å². The van der Waals surface area contributed by atoms with Gasteiger partial charge in [0.25, 0.3) is 0 Å². The summed E-state index contributed by atoms with van der Waals surface area (Å²) in [5, 5.41) is 2.53. The van der Waals surface area contributed by atoms with Crippen molar-refractivity contribution in [3.05, 3.63) is 65.7 Å². The molecule has 0 aromatic heterocycles. The maximum atomic E-state index is 13.1. The number of benzene rings is 2. The predicted molar refractivity (Wildman–Crippen MR) is 70.0 cm³/mol. The smallest absolute Gasteiger partial charge is 0.370 e. The minimum absolute atomic E-state index is 0.210. The van der Waals surface area contributed by atoms with Crippen LogP contribution in [0.3, 0.4) is 0 Å². The molecule has 0 saturated heterocycles. The lowest BCUT2D eigenvalue weighted by atomic mass is 10.0. The van der Waals surface area contributed by atoms with E-state index in [0.29, 0.717) is 5.69 Å². The molecule has 19 heavy (non-hydrogen) atoms. The van der Waals surface area contributed by atoms with Crippen molar-refractivity contribution < 1.29 is 13.2 Å². The van der Waals surface area contributed by atoms with Crippen LogP contribution in [-0.2, 0) is 0 Å². The van der Waals surface area contributed by atoms with Crippen LogP contribution < -0.4 is 5.32 Å². The summed E-state index contributed by atoms with van der Waals surface area (Å²) in [5.41, 5.74) is 1.59. The summed E-state index contributed by atoms with van der Waals surface area (Å²) in [6, 6.07) is 13.1. The van der Waals surface area contributed by atoms with Crippen molar-refractivity contribution in [3.63, 3.8) is 0 Å². The Kier molecular flexibility index (Phi) is 3.79. The lowest BCUT2D eigenvalue weighted by Crippen LogP contribution is -2.27. The molecule has 0 radical (unpaired) electrons. The van der Waals surface area contributed by atoms with Crippen LogP contribution in [0.25, 0.3) is 0 Å². The monoisotopic (exact) mass is 265 g/mol. The quantitative estimate of drug-likeness (QED) is 0.847. The number of halogens is 3. The van der Waals surface area contributed by atoms with E-state index in [1.54, 1.807) is 42.5 Å². The van der Waals surface area contributed by atoms with Crippen LogP contribution in [0.2, 0.25) is 0 Å². The van der Waals surface area contributed by atoms with Crippen molar-refractivity contribution in [2.45, 2.75) is 19.1 Å². The Balaban J connectivity index is 2.29. The van der Waals surface area contributed by atoms with E-state index in [4.69, 9.17) is 0 Å². The third-order valence-electron chi connectivity index (χ3n) is 2.82. The molecule has 0 bridgehead atoms. The highest BCUT2D eigenvalue weighted by Crippen LogP contribution is 2.35. The molecule has 0 aliphatic carbocycles. The molecule has 4 heteroatoms. The van der Waals surface area contributed by atoms with E-state index in [1.807, 2.05) is 6.92 Å². The highest BCUT2D eigenvalue weighted by atomic mass is 19.4. The second kappa shape index (κ2) is 5.34. The van der Waals surface area contributed by atoms with Crippen LogP contribution in [0.5, 0.6) is 0 Å². The molecule has 0 aliphatic heterocycles. The van der Waals surface area contributed by atoms with Crippen molar-refractivity contribution in [2.75, 3.05) is 5.32 Å². The van der Waals surface area contributed by atoms with E-state index in [9.17, 15) is 13.2 Å². The fourth-order valence-electron chi connectivity index (χ4n) is 1.81. The van der Waals surface area contributed by atoms with Crippen LogP contribution in [0, 0.1) is 6.92 Å². The van der Waals surface area contributed by atoms with Crippen LogP contribution in [0.1, 0.15) is 17.2 Å². The minimum Gasteiger partial charge on any atom is -0.370 e. The Labute approximate surface area is 110 Å². The first-order chi connectivity index (χ1) is 8.97. The first-order valence-electron chi connectivity index (χ1n) is 5.92. The van der Waals surface area contributed by atoms with Crippen molar-refractivity contribution >= 4 is 5.69 Å². The zero-order valence-corrected chi connectivity index (χ0v) is 10.4. The lowest BCUT2D eigenvalue weighted by Gasteiger charge is -2.23. The van der Waals surface area contributed by atoms with E-state index < -0.39 is 12.2 Å². The van der Waals surface area contributed by atoms with E-state index in [-0.39, 0.29) is 5.56 Å². The first kappa shape index (κ1) is 13.5. The number of para-hydroxylation sites is 1. The molecule has 0 heterocycles. The molecule has 2 rings (SSSR count). The molecule has 0 aliphatic rings. The molecule has 2 aromatic rings. The topological polar surface area (TPSA) is 12.0 Å². The number of hydrogen-bond donors (Lipinski definition) is 1. The van der Waals surface area contributed by atoms with Gasteiger partial charge in [0, 0.05) is 5.69 Å². The number of rotatable bonds is 3. The van der Waals surface area contributed by atoms with Crippen LogP contribution >= 0.6 is 0 Å². The van der Waals surface area contributed by atoms with Crippen LogP contribution in [0.4, 0.5) is 18.9 Å². The molecule has 0 amide bonds. The van der Waals surface area contributed by atoms with Gasteiger partial charge in [-0.15, -0.1) is 0 Å². The molecule has 0 spiro atoms. The molecule has 1 nitrogen and oxygen atoms in total. The van der Waals surface area contributed by atoms with E-state index in [0.717, 1.165) is 5.56 Å². The largest absolute Gasteiger partial charge is 0.412 e. The molecule has 1 atom stereocenters. The maximum Gasteiger partial charge on any atom is 0.412 e. The average molecular weight is 265 g/mol. The van der Waals surface area contributed by atoms with Gasteiger partial charge < -0.3 is 5.32 Å². The molecular formula is C15H14F3N. The summed E-state index contributed by atoms with van der Waals surface area (Å²) in [6.45, 7) is 1.84. The summed E-state index contributed by atoms with van der Waals surface area (Å²) in [5.74, 6) is 0. The highest BCUT2D eigenvalue weighted by Gasteiger charge is 2.40. The standard InChI is InChI=1S/C15H14F3N/c1-11-7-9-12(10-8-11)14(15(16,17)18)19-13-5-3-2-4-6-13/h2-10,14,19H,1H3. The Hall–Kier alpha value is -1.97. The van der Waals surface area contributed by atoms with Gasteiger partial charge in [-0.3, -0.25) is 0 Å². The zero-order chi connectivity index (χ0) is 13.9. The molecule has 1 unspecified atom stereocenters. The van der Waals surface area contributed by atoms with E-state index >= 15 is 0 Å².